The molecule has 0 aliphatic carbocycles. The van der Waals surface area contributed by atoms with Crippen molar-refractivity contribution in [3.63, 3.8) is 0 Å². The number of halogens is 5. The summed E-state index contributed by atoms with van der Waals surface area (Å²) in [5, 5.41) is 13.7. The summed E-state index contributed by atoms with van der Waals surface area (Å²) in [5.74, 6) is -2.00. The number of hydrogen-bond donors (Lipinski definition) is 2. The maximum atomic E-state index is 13.8. The van der Waals surface area contributed by atoms with Crippen molar-refractivity contribution in [3.8, 4) is 5.69 Å². The molecular formula is C25H18ClF4N5O2S. The van der Waals surface area contributed by atoms with Gasteiger partial charge in [-0.15, -0.1) is 10.2 Å². The van der Waals surface area contributed by atoms with Crippen molar-refractivity contribution in [2.24, 2.45) is 0 Å². The number of para-hydroxylation sites is 1. The molecule has 4 rings (SSSR count). The lowest BCUT2D eigenvalue weighted by Gasteiger charge is -2.14. The third kappa shape index (κ3) is 6.50. The smallest absolute Gasteiger partial charge is 0.345 e. The number of benzene rings is 3. The molecule has 7 nitrogen and oxygen atoms in total. The molecule has 0 saturated carbocycles. The van der Waals surface area contributed by atoms with Crippen LogP contribution in [0.3, 0.4) is 0 Å². The lowest BCUT2D eigenvalue weighted by Crippen LogP contribution is -2.27. The van der Waals surface area contributed by atoms with Crippen LogP contribution in [0.25, 0.3) is 5.69 Å². The summed E-state index contributed by atoms with van der Waals surface area (Å²) >= 11 is 7.12. The minimum Gasteiger partial charge on any atom is -0.345 e. The van der Waals surface area contributed by atoms with Gasteiger partial charge in [-0.1, -0.05) is 53.7 Å². The number of alkyl halides is 3. The fraction of sp³-hybridized carbons (Fsp3) is 0.120. The van der Waals surface area contributed by atoms with Gasteiger partial charge in [-0.2, -0.15) is 13.2 Å². The number of amides is 2. The molecule has 196 valence electrons. The zero-order valence-electron chi connectivity index (χ0n) is 19.3. The Morgan fingerprint density at radius 3 is 2.45 bits per heavy atom. The van der Waals surface area contributed by atoms with Gasteiger partial charge in [0.05, 0.1) is 34.8 Å². The van der Waals surface area contributed by atoms with Gasteiger partial charge in [0.2, 0.25) is 5.91 Å². The first-order chi connectivity index (χ1) is 18.1. The van der Waals surface area contributed by atoms with Gasteiger partial charge in [-0.05, 0) is 42.5 Å². The summed E-state index contributed by atoms with van der Waals surface area (Å²) in [7, 11) is 0. The number of anilines is 1. The number of nitrogens with zero attached hydrogens (tertiary/aromatic N) is 3. The molecule has 4 aromatic rings. The standard InChI is InChI=1S/C25H18ClF4N5O2S/c26-15-6-5-7-16(12-15)35-21(13-31-23(37)17-8-1-2-9-18(17)25(28,29)30)33-34-24(35)38-14-22(36)32-20-11-4-3-10-19(20)27/h1-12H,13-14H2,(H,31,37)(H,32,36). The molecule has 0 aliphatic rings. The van der Waals surface area contributed by atoms with Crippen LogP contribution in [0.1, 0.15) is 21.7 Å². The SMILES string of the molecule is O=C(CSc1nnc(CNC(=O)c2ccccc2C(F)(F)F)n1-c1cccc(Cl)c1)Nc1ccccc1F. The maximum absolute atomic E-state index is 13.8. The Hall–Kier alpha value is -3.90. The highest BCUT2D eigenvalue weighted by atomic mass is 35.5. The molecule has 0 saturated heterocycles. The molecule has 0 aliphatic heterocycles. The summed E-state index contributed by atoms with van der Waals surface area (Å²) < 4.78 is 55.4. The van der Waals surface area contributed by atoms with E-state index >= 15 is 0 Å². The second kappa shape index (κ2) is 11.7. The molecule has 0 radical (unpaired) electrons. The number of rotatable bonds is 8. The third-order valence-electron chi connectivity index (χ3n) is 5.13. The molecule has 0 spiro atoms. The predicted molar refractivity (Wildman–Crippen MR) is 135 cm³/mol. The molecule has 1 aromatic heterocycles. The molecule has 0 unspecified atom stereocenters. The second-order valence-electron chi connectivity index (χ2n) is 7.76. The van der Waals surface area contributed by atoms with Crippen LogP contribution in [-0.4, -0.2) is 32.3 Å². The van der Waals surface area contributed by atoms with E-state index in [2.05, 4.69) is 20.8 Å². The lowest BCUT2D eigenvalue weighted by molar-refractivity contribution is -0.138. The third-order valence-corrected chi connectivity index (χ3v) is 6.30. The highest BCUT2D eigenvalue weighted by molar-refractivity contribution is 7.99. The van der Waals surface area contributed by atoms with Gasteiger partial charge in [0, 0.05) is 5.02 Å². The van der Waals surface area contributed by atoms with E-state index < -0.39 is 34.9 Å². The van der Waals surface area contributed by atoms with Gasteiger partial charge in [0.15, 0.2) is 11.0 Å². The Kier molecular flexibility index (Phi) is 8.32. The molecule has 1 heterocycles. The number of thioether (sulfide) groups is 1. The van der Waals surface area contributed by atoms with Crippen LogP contribution in [0.2, 0.25) is 5.02 Å². The minimum atomic E-state index is -4.71. The van der Waals surface area contributed by atoms with Crippen LogP contribution in [-0.2, 0) is 17.5 Å². The van der Waals surface area contributed by atoms with E-state index in [-0.39, 0.29) is 29.0 Å². The molecule has 13 heteroatoms. The summed E-state index contributed by atoms with van der Waals surface area (Å²) in [6.45, 7) is -0.271. The highest BCUT2D eigenvalue weighted by Gasteiger charge is 2.34. The molecule has 2 N–H and O–H groups in total. The summed E-state index contributed by atoms with van der Waals surface area (Å²) in [6.07, 6.45) is -4.71. The highest BCUT2D eigenvalue weighted by Crippen LogP contribution is 2.32. The summed E-state index contributed by atoms with van der Waals surface area (Å²) in [4.78, 5) is 25.0. The molecule has 0 bridgehead atoms. The van der Waals surface area contributed by atoms with Crippen molar-refractivity contribution in [2.75, 3.05) is 11.1 Å². The van der Waals surface area contributed by atoms with Crippen molar-refractivity contribution in [1.29, 1.82) is 0 Å². The predicted octanol–water partition coefficient (Wildman–Crippen LogP) is 5.74. The van der Waals surface area contributed by atoms with Crippen LogP contribution in [0.15, 0.2) is 78.0 Å². The van der Waals surface area contributed by atoms with Crippen molar-refractivity contribution >= 4 is 40.9 Å². The molecule has 0 atom stereocenters. The van der Waals surface area contributed by atoms with E-state index in [4.69, 9.17) is 11.6 Å². The van der Waals surface area contributed by atoms with E-state index in [1.807, 2.05) is 0 Å². The topological polar surface area (TPSA) is 88.9 Å². The average molecular weight is 564 g/mol. The molecule has 2 amide bonds. The molecule has 3 aromatic carbocycles. The first-order valence-electron chi connectivity index (χ1n) is 11.0. The normalized spacial score (nSPS) is 11.3. The summed E-state index contributed by atoms with van der Waals surface area (Å²) in [5.41, 5.74) is -1.07. The number of carbonyl (C=O) groups is 2. The lowest BCUT2D eigenvalue weighted by atomic mass is 10.1. The largest absolute Gasteiger partial charge is 0.417 e. The van der Waals surface area contributed by atoms with Gasteiger partial charge in [0.1, 0.15) is 5.82 Å². The van der Waals surface area contributed by atoms with E-state index in [1.54, 1.807) is 30.3 Å². The minimum absolute atomic E-state index is 0.0250. The van der Waals surface area contributed by atoms with Gasteiger partial charge < -0.3 is 10.6 Å². The molecule has 38 heavy (non-hydrogen) atoms. The first-order valence-corrected chi connectivity index (χ1v) is 12.3. The van der Waals surface area contributed by atoms with E-state index in [9.17, 15) is 27.2 Å². The Morgan fingerprint density at radius 1 is 0.974 bits per heavy atom. The zero-order valence-corrected chi connectivity index (χ0v) is 20.9. The van der Waals surface area contributed by atoms with Crippen molar-refractivity contribution in [3.05, 3.63) is 101 Å². The molecule has 0 fully saturated rings. The average Bonchev–Trinajstić information content (AvgIpc) is 3.29. The van der Waals surface area contributed by atoms with Crippen LogP contribution >= 0.6 is 23.4 Å². The fourth-order valence-electron chi connectivity index (χ4n) is 3.44. The Balaban J connectivity index is 1.54. The number of hydrogen-bond acceptors (Lipinski definition) is 5. The Bertz CT molecular complexity index is 1480. The van der Waals surface area contributed by atoms with E-state index in [0.717, 1.165) is 23.9 Å². The van der Waals surface area contributed by atoms with Crippen LogP contribution < -0.4 is 10.6 Å². The molecular weight excluding hydrogens is 546 g/mol. The van der Waals surface area contributed by atoms with Crippen LogP contribution in [0.5, 0.6) is 0 Å². The Morgan fingerprint density at radius 2 is 1.71 bits per heavy atom. The van der Waals surface area contributed by atoms with Gasteiger partial charge in [-0.3, -0.25) is 14.2 Å². The monoisotopic (exact) mass is 563 g/mol. The number of nitrogens with one attached hydrogen (secondary N) is 2. The van der Waals surface area contributed by atoms with Gasteiger partial charge in [0.25, 0.3) is 5.91 Å². The van der Waals surface area contributed by atoms with E-state index in [0.29, 0.717) is 10.7 Å². The fourth-order valence-corrected chi connectivity index (χ4v) is 4.40. The van der Waals surface area contributed by atoms with Gasteiger partial charge in [-0.25, -0.2) is 4.39 Å². The second-order valence-corrected chi connectivity index (χ2v) is 9.14. The number of carbonyl (C=O) groups excluding carboxylic acids is 2. The van der Waals surface area contributed by atoms with Crippen molar-refractivity contribution < 1.29 is 27.2 Å². The van der Waals surface area contributed by atoms with Gasteiger partial charge >= 0.3 is 6.18 Å². The first kappa shape index (κ1) is 27.1. The van der Waals surface area contributed by atoms with E-state index in [1.165, 1.54) is 34.9 Å². The van der Waals surface area contributed by atoms with Crippen molar-refractivity contribution in [2.45, 2.75) is 17.9 Å². The Labute approximate surface area is 223 Å². The number of aromatic nitrogens is 3. The zero-order chi connectivity index (χ0) is 27.3. The van der Waals surface area contributed by atoms with Crippen LogP contribution in [0.4, 0.5) is 23.2 Å². The summed E-state index contributed by atoms with van der Waals surface area (Å²) in [6, 6.07) is 16.7. The van der Waals surface area contributed by atoms with Crippen molar-refractivity contribution in [1.82, 2.24) is 20.1 Å². The quantitative estimate of drug-likeness (QED) is 0.211. The maximum Gasteiger partial charge on any atom is 0.417 e. The van der Waals surface area contributed by atoms with Crippen LogP contribution in [0, 0.1) is 5.82 Å².